The predicted octanol–water partition coefficient (Wildman–Crippen LogP) is 1.91. The lowest BCUT2D eigenvalue weighted by atomic mass is 9.99. The average Bonchev–Trinajstić information content (AvgIpc) is 3.08. The van der Waals surface area contributed by atoms with Gasteiger partial charge in [0.25, 0.3) is 0 Å². The number of benzene rings is 1. The Morgan fingerprint density at radius 2 is 2.00 bits per heavy atom. The van der Waals surface area contributed by atoms with E-state index in [1.807, 2.05) is 0 Å². The first-order valence-corrected chi connectivity index (χ1v) is 9.38. The van der Waals surface area contributed by atoms with Gasteiger partial charge in [0.15, 0.2) is 0 Å². The number of hydrogen-bond donors (Lipinski definition) is 1. The molecule has 29 heavy (non-hydrogen) atoms. The van der Waals surface area contributed by atoms with Gasteiger partial charge >= 0.3 is 5.97 Å². The molecule has 2 atom stereocenters. The van der Waals surface area contributed by atoms with E-state index in [1.54, 1.807) is 41.8 Å². The van der Waals surface area contributed by atoms with Crippen LogP contribution in [0.5, 0.6) is 0 Å². The smallest absolute Gasteiger partial charge is 0.323 e. The zero-order chi connectivity index (χ0) is 21.0. The monoisotopic (exact) mass is 404 g/mol. The minimum Gasteiger partial charge on any atom is -0.468 e. The molecule has 1 aliphatic heterocycles. The van der Waals surface area contributed by atoms with Crippen molar-refractivity contribution in [3.63, 3.8) is 0 Å². The van der Waals surface area contributed by atoms with Crippen molar-refractivity contribution in [2.75, 3.05) is 32.6 Å². The summed E-state index contributed by atoms with van der Waals surface area (Å²) in [6, 6.07) is 7.03. The van der Waals surface area contributed by atoms with E-state index in [4.69, 9.17) is 9.47 Å². The largest absolute Gasteiger partial charge is 0.468 e. The maximum Gasteiger partial charge on any atom is 0.323 e. The fourth-order valence-electron chi connectivity index (χ4n) is 3.50. The fourth-order valence-corrected chi connectivity index (χ4v) is 3.50. The van der Waals surface area contributed by atoms with Crippen LogP contribution in [0.2, 0.25) is 0 Å². The highest BCUT2D eigenvalue weighted by Crippen LogP contribution is 2.22. The van der Waals surface area contributed by atoms with Gasteiger partial charge in [0.2, 0.25) is 5.91 Å². The summed E-state index contributed by atoms with van der Waals surface area (Å²) in [6.45, 7) is 2.38. The molecule has 0 unspecified atom stereocenters. The first kappa shape index (κ1) is 20.9. The van der Waals surface area contributed by atoms with Crippen molar-refractivity contribution in [2.24, 2.45) is 0 Å². The summed E-state index contributed by atoms with van der Waals surface area (Å²) < 4.78 is 25.0. The van der Waals surface area contributed by atoms with Crippen LogP contribution < -0.4 is 5.32 Å². The number of methoxy groups -OCH3 is 2. The second-order valence-electron chi connectivity index (χ2n) is 7.00. The van der Waals surface area contributed by atoms with Crippen molar-refractivity contribution in [3.05, 3.63) is 41.8 Å². The Balaban J connectivity index is 1.72. The van der Waals surface area contributed by atoms with Crippen molar-refractivity contribution in [1.29, 1.82) is 0 Å². The summed E-state index contributed by atoms with van der Waals surface area (Å²) in [5.74, 6) is -0.540. The number of ether oxygens (including phenoxy) is 2. The van der Waals surface area contributed by atoms with Gasteiger partial charge in [-0.15, -0.1) is 0 Å². The molecule has 1 N–H and O–H groups in total. The van der Waals surface area contributed by atoms with Crippen LogP contribution in [0.15, 0.2) is 30.3 Å². The molecule has 1 aliphatic rings. The lowest BCUT2D eigenvalue weighted by Crippen LogP contribution is -2.51. The van der Waals surface area contributed by atoms with Crippen LogP contribution in [0, 0.1) is 12.7 Å². The number of hydrogen-bond acceptors (Lipinski definition) is 6. The number of esters is 1. The van der Waals surface area contributed by atoms with Gasteiger partial charge in [-0.1, -0.05) is 0 Å². The third kappa shape index (κ3) is 4.99. The number of rotatable bonds is 6. The molecule has 1 aromatic carbocycles. The maximum atomic E-state index is 13.2. The Morgan fingerprint density at radius 3 is 2.66 bits per heavy atom. The number of nitrogens with one attached hydrogen (secondary N) is 1. The Morgan fingerprint density at radius 1 is 1.28 bits per heavy atom. The van der Waals surface area contributed by atoms with Crippen molar-refractivity contribution in [2.45, 2.75) is 31.9 Å². The average molecular weight is 404 g/mol. The second-order valence-corrected chi connectivity index (χ2v) is 7.00. The number of carbonyl (C=O) groups excluding carboxylic acids is 2. The molecular weight excluding hydrogens is 379 g/mol. The van der Waals surface area contributed by atoms with Crippen LogP contribution in [0.4, 0.5) is 10.2 Å². The van der Waals surface area contributed by atoms with E-state index in [1.165, 1.54) is 19.2 Å². The Bertz CT molecular complexity index is 868. The van der Waals surface area contributed by atoms with Crippen molar-refractivity contribution in [1.82, 2.24) is 14.7 Å². The molecule has 8 nitrogen and oxygen atoms in total. The molecule has 1 saturated heterocycles. The molecule has 1 aromatic heterocycles. The zero-order valence-electron chi connectivity index (χ0n) is 16.7. The maximum absolute atomic E-state index is 13.2. The fraction of sp³-hybridized carbons (Fsp3) is 0.450. The number of aryl methyl sites for hydroxylation is 1. The minimum absolute atomic E-state index is 0.0316. The minimum atomic E-state index is -0.534. The number of likely N-dealkylation sites (tertiary alicyclic amines) is 1. The molecule has 2 heterocycles. The van der Waals surface area contributed by atoms with Crippen LogP contribution in [-0.4, -0.2) is 66.0 Å². The molecule has 0 aliphatic carbocycles. The van der Waals surface area contributed by atoms with Gasteiger partial charge in [0, 0.05) is 19.7 Å². The van der Waals surface area contributed by atoms with E-state index in [0.29, 0.717) is 30.2 Å². The van der Waals surface area contributed by atoms with Crippen molar-refractivity contribution < 1.29 is 23.5 Å². The van der Waals surface area contributed by atoms with E-state index in [9.17, 15) is 14.0 Å². The van der Waals surface area contributed by atoms with E-state index >= 15 is 0 Å². The van der Waals surface area contributed by atoms with Gasteiger partial charge in [0.05, 0.1) is 31.1 Å². The second kappa shape index (κ2) is 9.15. The van der Waals surface area contributed by atoms with E-state index in [0.717, 1.165) is 6.42 Å². The number of aromatic nitrogens is 2. The lowest BCUT2D eigenvalue weighted by Gasteiger charge is -2.36. The van der Waals surface area contributed by atoms with Gasteiger partial charge < -0.3 is 14.8 Å². The molecular formula is C20H25FN4O4. The third-order valence-corrected chi connectivity index (χ3v) is 4.99. The number of anilines is 1. The summed E-state index contributed by atoms with van der Waals surface area (Å²) >= 11 is 0. The summed E-state index contributed by atoms with van der Waals surface area (Å²) in [4.78, 5) is 26.6. The topological polar surface area (TPSA) is 85.7 Å². The normalized spacial score (nSPS) is 19.7. The van der Waals surface area contributed by atoms with Crippen LogP contribution in [0.3, 0.4) is 0 Å². The predicted molar refractivity (Wildman–Crippen MR) is 104 cm³/mol. The molecule has 2 aromatic rings. The van der Waals surface area contributed by atoms with Crippen LogP contribution in [-0.2, 0) is 19.1 Å². The van der Waals surface area contributed by atoms with E-state index < -0.39 is 6.04 Å². The Labute approximate surface area is 168 Å². The van der Waals surface area contributed by atoms with Crippen LogP contribution in [0.25, 0.3) is 5.69 Å². The highest BCUT2D eigenvalue weighted by atomic mass is 19.1. The molecule has 9 heteroatoms. The third-order valence-electron chi connectivity index (χ3n) is 4.99. The lowest BCUT2D eigenvalue weighted by molar-refractivity contribution is -0.151. The van der Waals surface area contributed by atoms with Gasteiger partial charge in [-0.25, -0.2) is 9.07 Å². The first-order valence-electron chi connectivity index (χ1n) is 9.38. The van der Waals surface area contributed by atoms with Crippen LogP contribution >= 0.6 is 0 Å². The van der Waals surface area contributed by atoms with Gasteiger partial charge in [-0.05, 0) is 44.0 Å². The molecule has 1 fully saturated rings. The number of piperidine rings is 1. The van der Waals surface area contributed by atoms with Gasteiger partial charge in [-0.2, -0.15) is 5.10 Å². The van der Waals surface area contributed by atoms with E-state index in [2.05, 4.69) is 10.4 Å². The molecule has 156 valence electrons. The molecule has 0 bridgehead atoms. The van der Waals surface area contributed by atoms with Crippen LogP contribution in [0.1, 0.15) is 18.5 Å². The summed E-state index contributed by atoms with van der Waals surface area (Å²) in [5.41, 5.74) is 1.33. The highest BCUT2D eigenvalue weighted by Gasteiger charge is 2.35. The molecule has 0 spiro atoms. The highest BCUT2D eigenvalue weighted by molar-refractivity contribution is 5.92. The quantitative estimate of drug-likeness (QED) is 0.741. The zero-order valence-corrected chi connectivity index (χ0v) is 16.7. The van der Waals surface area contributed by atoms with Gasteiger partial charge in [-0.3, -0.25) is 14.5 Å². The Hall–Kier alpha value is -2.78. The Kier molecular flexibility index (Phi) is 6.60. The number of nitrogens with zero attached hydrogens (tertiary/aromatic N) is 3. The standard InChI is InChI=1S/C20H25FN4O4/c1-13-10-18(25(23-13)15-6-4-14(21)5-7-15)22-19(26)12-24-9-8-16(28-2)11-17(24)20(27)29-3/h4-7,10,16-17H,8-9,11-12H2,1-3H3,(H,22,26)/t16-,17+/m0/s1. The summed E-state index contributed by atoms with van der Waals surface area (Å²) in [5, 5.41) is 7.20. The molecule has 0 radical (unpaired) electrons. The van der Waals surface area contributed by atoms with Gasteiger partial charge in [0.1, 0.15) is 17.7 Å². The summed E-state index contributed by atoms with van der Waals surface area (Å²) in [7, 11) is 2.95. The van der Waals surface area contributed by atoms with Crippen molar-refractivity contribution in [3.8, 4) is 5.69 Å². The summed E-state index contributed by atoms with van der Waals surface area (Å²) in [6.07, 6.45) is 1.16. The number of halogens is 1. The molecule has 0 saturated carbocycles. The number of amides is 1. The first-order chi connectivity index (χ1) is 13.9. The molecule has 3 rings (SSSR count). The van der Waals surface area contributed by atoms with E-state index in [-0.39, 0.29) is 30.3 Å². The SMILES string of the molecule is COC(=O)[C@H]1C[C@@H](OC)CCN1CC(=O)Nc1cc(C)nn1-c1ccc(F)cc1. The molecule has 1 amide bonds. The van der Waals surface area contributed by atoms with Crippen molar-refractivity contribution >= 4 is 17.7 Å². The number of carbonyl (C=O) groups is 2.